The third kappa shape index (κ3) is 4.36. The van der Waals surface area contributed by atoms with E-state index in [9.17, 15) is 4.39 Å². The highest BCUT2D eigenvalue weighted by molar-refractivity contribution is 8.00. The average molecular weight is 298 g/mol. The molecule has 0 bridgehead atoms. The molecule has 2 rings (SSSR count). The number of methoxy groups -OCH3 is 1. The lowest BCUT2D eigenvalue weighted by molar-refractivity contribution is 0.199. The van der Waals surface area contributed by atoms with Crippen LogP contribution in [0.5, 0.6) is 0 Å². The summed E-state index contributed by atoms with van der Waals surface area (Å²) in [6, 6.07) is 5.55. The van der Waals surface area contributed by atoms with E-state index in [0.29, 0.717) is 18.4 Å². The number of ether oxygens (including phenoxy) is 1. The van der Waals surface area contributed by atoms with Crippen molar-refractivity contribution in [2.24, 2.45) is 0 Å². The van der Waals surface area contributed by atoms with Crippen LogP contribution in [-0.4, -0.2) is 44.4 Å². The lowest BCUT2D eigenvalue weighted by Gasteiger charge is -2.32. The molecule has 1 atom stereocenters. The Morgan fingerprint density at radius 2 is 2.35 bits per heavy atom. The molecule has 1 N–H and O–H groups in total. The number of nitrogens with one attached hydrogen (secondary N) is 1. The van der Waals surface area contributed by atoms with Crippen LogP contribution in [0.3, 0.4) is 0 Å². The number of hydrogen-bond donors (Lipinski definition) is 1. The fourth-order valence-corrected chi connectivity index (χ4v) is 3.37. The zero-order valence-corrected chi connectivity index (χ0v) is 13.0. The standard InChI is InChI=1S/C15H23FN2OS/c1-12-11-18(6-8-20-12)15-4-3-13(9-14(15)16)10-17-5-7-19-2/h3-4,9,12,17H,5-8,10-11H2,1-2H3. The number of benzene rings is 1. The van der Waals surface area contributed by atoms with Gasteiger partial charge in [-0.25, -0.2) is 4.39 Å². The van der Waals surface area contributed by atoms with Gasteiger partial charge in [-0.2, -0.15) is 11.8 Å². The number of halogens is 1. The number of nitrogens with zero attached hydrogens (tertiary/aromatic N) is 1. The summed E-state index contributed by atoms with van der Waals surface area (Å²) in [5, 5.41) is 3.80. The molecule has 1 aromatic carbocycles. The Labute approximate surface area is 124 Å². The maximum atomic E-state index is 14.2. The van der Waals surface area contributed by atoms with E-state index in [1.807, 2.05) is 23.9 Å². The molecule has 0 aromatic heterocycles. The fraction of sp³-hybridized carbons (Fsp3) is 0.600. The van der Waals surface area contributed by atoms with E-state index in [1.54, 1.807) is 13.2 Å². The highest BCUT2D eigenvalue weighted by atomic mass is 32.2. The molecule has 3 nitrogen and oxygen atoms in total. The van der Waals surface area contributed by atoms with Crippen LogP contribution in [0.25, 0.3) is 0 Å². The van der Waals surface area contributed by atoms with E-state index < -0.39 is 0 Å². The first-order valence-corrected chi connectivity index (χ1v) is 8.10. The van der Waals surface area contributed by atoms with E-state index >= 15 is 0 Å². The molecule has 1 saturated heterocycles. The Morgan fingerprint density at radius 1 is 1.50 bits per heavy atom. The predicted molar refractivity (Wildman–Crippen MR) is 84.1 cm³/mol. The summed E-state index contributed by atoms with van der Waals surface area (Å²) in [5.74, 6) is 0.955. The molecule has 1 heterocycles. The van der Waals surface area contributed by atoms with E-state index in [2.05, 4.69) is 17.1 Å². The smallest absolute Gasteiger partial charge is 0.146 e. The molecular formula is C15H23FN2OS. The minimum absolute atomic E-state index is 0.116. The summed E-state index contributed by atoms with van der Waals surface area (Å²) in [5.41, 5.74) is 1.71. The first-order chi connectivity index (χ1) is 9.70. The van der Waals surface area contributed by atoms with Gasteiger partial charge in [0.1, 0.15) is 5.82 Å². The lowest BCUT2D eigenvalue weighted by Crippen LogP contribution is -2.37. The van der Waals surface area contributed by atoms with Gasteiger partial charge in [0, 0.05) is 44.3 Å². The molecule has 1 unspecified atom stereocenters. The van der Waals surface area contributed by atoms with Gasteiger partial charge >= 0.3 is 0 Å². The number of hydrogen-bond acceptors (Lipinski definition) is 4. The molecule has 1 aromatic rings. The first kappa shape index (κ1) is 15.6. The number of anilines is 1. The molecule has 0 radical (unpaired) electrons. The lowest BCUT2D eigenvalue weighted by atomic mass is 10.1. The molecule has 1 aliphatic heterocycles. The molecule has 0 amide bonds. The van der Waals surface area contributed by atoms with Crippen molar-refractivity contribution in [3.63, 3.8) is 0 Å². The quantitative estimate of drug-likeness (QED) is 0.816. The second kappa shape index (κ2) is 7.86. The van der Waals surface area contributed by atoms with Gasteiger partial charge in [-0.3, -0.25) is 0 Å². The van der Waals surface area contributed by atoms with Crippen LogP contribution < -0.4 is 10.2 Å². The number of rotatable bonds is 6. The zero-order chi connectivity index (χ0) is 14.4. The van der Waals surface area contributed by atoms with Gasteiger partial charge in [0.05, 0.1) is 12.3 Å². The fourth-order valence-electron chi connectivity index (χ4n) is 2.36. The van der Waals surface area contributed by atoms with Crippen LogP contribution in [0, 0.1) is 5.82 Å². The summed E-state index contributed by atoms with van der Waals surface area (Å²) >= 11 is 1.96. The maximum absolute atomic E-state index is 14.2. The maximum Gasteiger partial charge on any atom is 0.146 e. The first-order valence-electron chi connectivity index (χ1n) is 7.05. The molecular weight excluding hydrogens is 275 g/mol. The largest absolute Gasteiger partial charge is 0.383 e. The summed E-state index contributed by atoms with van der Waals surface area (Å²) in [7, 11) is 1.67. The van der Waals surface area contributed by atoms with Crippen molar-refractivity contribution in [1.82, 2.24) is 5.32 Å². The monoisotopic (exact) mass is 298 g/mol. The highest BCUT2D eigenvalue weighted by Gasteiger charge is 2.19. The highest BCUT2D eigenvalue weighted by Crippen LogP contribution is 2.26. The van der Waals surface area contributed by atoms with Crippen molar-refractivity contribution in [3.05, 3.63) is 29.6 Å². The normalized spacial score (nSPS) is 19.4. The Balaban J connectivity index is 1.95. The Bertz CT molecular complexity index is 430. The SMILES string of the molecule is COCCNCc1ccc(N2CCSC(C)C2)c(F)c1. The zero-order valence-electron chi connectivity index (χ0n) is 12.2. The second-order valence-electron chi connectivity index (χ2n) is 5.08. The van der Waals surface area contributed by atoms with Crippen molar-refractivity contribution in [2.45, 2.75) is 18.7 Å². The summed E-state index contributed by atoms with van der Waals surface area (Å²) in [6.45, 7) is 6.17. The van der Waals surface area contributed by atoms with Crippen molar-refractivity contribution >= 4 is 17.4 Å². The Hall–Kier alpha value is -0.780. The van der Waals surface area contributed by atoms with Gasteiger partial charge < -0.3 is 15.0 Å². The Morgan fingerprint density at radius 3 is 3.05 bits per heavy atom. The van der Waals surface area contributed by atoms with Crippen LogP contribution >= 0.6 is 11.8 Å². The van der Waals surface area contributed by atoms with Crippen molar-refractivity contribution in [1.29, 1.82) is 0 Å². The third-order valence-electron chi connectivity index (χ3n) is 3.41. The molecule has 5 heteroatoms. The second-order valence-corrected chi connectivity index (χ2v) is 6.63. The molecule has 112 valence electrons. The van der Waals surface area contributed by atoms with Gasteiger partial charge in [-0.15, -0.1) is 0 Å². The summed E-state index contributed by atoms with van der Waals surface area (Å²) < 4.78 is 19.2. The summed E-state index contributed by atoms with van der Waals surface area (Å²) in [4.78, 5) is 2.15. The van der Waals surface area contributed by atoms with Gasteiger partial charge in [0.15, 0.2) is 0 Å². The molecule has 0 spiro atoms. The molecule has 20 heavy (non-hydrogen) atoms. The van der Waals surface area contributed by atoms with Gasteiger partial charge in [0.25, 0.3) is 0 Å². The van der Waals surface area contributed by atoms with Crippen molar-refractivity contribution in [3.8, 4) is 0 Å². The Kier molecular flexibility index (Phi) is 6.13. The number of thioether (sulfide) groups is 1. The van der Waals surface area contributed by atoms with Crippen LogP contribution in [0.15, 0.2) is 18.2 Å². The van der Waals surface area contributed by atoms with Crippen LogP contribution in [0.4, 0.5) is 10.1 Å². The van der Waals surface area contributed by atoms with E-state index in [4.69, 9.17) is 4.74 Å². The van der Waals surface area contributed by atoms with Gasteiger partial charge in [-0.05, 0) is 17.7 Å². The van der Waals surface area contributed by atoms with Crippen molar-refractivity contribution in [2.75, 3.05) is 44.0 Å². The minimum Gasteiger partial charge on any atom is -0.383 e. The molecule has 1 aliphatic rings. The van der Waals surface area contributed by atoms with E-state index in [0.717, 1.165) is 36.6 Å². The molecule has 0 aliphatic carbocycles. The van der Waals surface area contributed by atoms with E-state index in [-0.39, 0.29) is 5.82 Å². The molecule has 1 fully saturated rings. The molecule has 0 saturated carbocycles. The summed E-state index contributed by atoms with van der Waals surface area (Å²) in [6.07, 6.45) is 0. The van der Waals surface area contributed by atoms with Crippen LogP contribution in [-0.2, 0) is 11.3 Å². The minimum atomic E-state index is -0.116. The van der Waals surface area contributed by atoms with E-state index in [1.165, 1.54) is 0 Å². The third-order valence-corrected chi connectivity index (χ3v) is 4.54. The van der Waals surface area contributed by atoms with Gasteiger partial charge in [-0.1, -0.05) is 13.0 Å². The van der Waals surface area contributed by atoms with Crippen molar-refractivity contribution < 1.29 is 9.13 Å². The predicted octanol–water partition coefficient (Wildman–Crippen LogP) is 2.50. The van der Waals surface area contributed by atoms with Crippen LogP contribution in [0.2, 0.25) is 0 Å². The van der Waals surface area contributed by atoms with Gasteiger partial charge in [0.2, 0.25) is 0 Å². The average Bonchev–Trinajstić information content (AvgIpc) is 2.44. The topological polar surface area (TPSA) is 24.5 Å². The van der Waals surface area contributed by atoms with Crippen LogP contribution in [0.1, 0.15) is 12.5 Å².